The maximum Gasteiger partial charge on any atom is 0.335 e. The highest BCUT2D eigenvalue weighted by Crippen LogP contribution is 2.75. The summed E-state index contributed by atoms with van der Waals surface area (Å²) < 4.78 is 23.7. The molecule has 0 bridgehead atoms. The highest BCUT2D eigenvalue weighted by molar-refractivity contribution is 5.95. The third-order valence-electron chi connectivity index (χ3n) is 16.9. The molecule has 0 aromatic carbocycles. The molecule has 0 spiro atoms. The first-order chi connectivity index (χ1) is 25.4. The predicted octanol–water partition coefficient (Wildman–Crippen LogP) is 2.79. The summed E-state index contributed by atoms with van der Waals surface area (Å²) in [5.74, 6) is -2.50. The number of ketones is 1. The van der Waals surface area contributed by atoms with Crippen molar-refractivity contribution in [3.8, 4) is 0 Å². The molecule has 2 saturated heterocycles. The number of ether oxygens (including phenoxy) is 4. The van der Waals surface area contributed by atoms with E-state index in [-0.39, 0.29) is 46.4 Å². The lowest BCUT2D eigenvalue weighted by Crippen LogP contribution is -2.68. The molecule has 0 aromatic heterocycles. The zero-order chi connectivity index (χ0) is 40.4. The third kappa shape index (κ3) is 6.01. The van der Waals surface area contributed by atoms with E-state index < -0.39 is 89.6 Å². The smallest absolute Gasteiger partial charge is 0.335 e. The Bertz CT molecular complexity index is 1600. The number of aliphatic hydroxyl groups is 5. The minimum absolute atomic E-state index is 0.0107. The molecule has 0 amide bonds. The summed E-state index contributed by atoms with van der Waals surface area (Å²) in [6, 6.07) is 0. The SMILES string of the molecule is CC1(C)[C@@H](O[C@@H]2O[C@H](C(=O)O)[C@@H](O)[C@H](O)[C@H]2O[C@@H]2OC[C@H](O)[C@H](O)[C@H]2O)CC[C@@]2(C)[C@@H]1CC[C@]1(C)[C@@H]2C(=O)C=C2[C@H]3C[C@@](C)(C(=O)O)CC[C@]3(C)CC[C@]21C. The van der Waals surface area contributed by atoms with Gasteiger partial charge in [-0.2, -0.15) is 0 Å². The second kappa shape index (κ2) is 13.5. The number of aliphatic hydroxyl groups excluding tert-OH is 5. The molecular weight excluding hydrogens is 716 g/mol. The zero-order valence-corrected chi connectivity index (χ0v) is 33.1. The number of hydrogen-bond donors (Lipinski definition) is 7. The number of hydrogen-bond acceptors (Lipinski definition) is 12. The van der Waals surface area contributed by atoms with E-state index in [2.05, 4.69) is 41.5 Å². The summed E-state index contributed by atoms with van der Waals surface area (Å²) in [7, 11) is 0. The van der Waals surface area contributed by atoms with E-state index >= 15 is 0 Å². The van der Waals surface area contributed by atoms with Crippen LogP contribution in [-0.4, -0.2) is 121 Å². The van der Waals surface area contributed by atoms with Crippen molar-refractivity contribution in [1.29, 1.82) is 0 Å². The maximum absolute atomic E-state index is 14.8. The fourth-order valence-corrected chi connectivity index (χ4v) is 13.1. The molecule has 18 atom stereocenters. The van der Waals surface area contributed by atoms with E-state index in [1.807, 2.05) is 13.0 Å². The van der Waals surface area contributed by atoms with Crippen molar-refractivity contribution >= 4 is 17.7 Å². The quantitative estimate of drug-likeness (QED) is 0.193. The number of allylic oxidation sites excluding steroid dienone is 2. The molecule has 2 aliphatic heterocycles. The van der Waals surface area contributed by atoms with Crippen molar-refractivity contribution in [2.24, 2.45) is 50.2 Å². The molecule has 7 rings (SSSR count). The second-order valence-electron chi connectivity index (χ2n) is 20.1. The molecule has 5 aliphatic carbocycles. The van der Waals surface area contributed by atoms with E-state index in [1.165, 1.54) is 0 Å². The van der Waals surface area contributed by atoms with Crippen LogP contribution in [0, 0.1) is 50.2 Å². The molecular formula is C41H62O14. The van der Waals surface area contributed by atoms with E-state index in [4.69, 9.17) is 18.9 Å². The van der Waals surface area contributed by atoms with Gasteiger partial charge in [-0.3, -0.25) is 9.59 Å². The van der Waals surface area contributed by atoms with Gasteiger partial charge in [0.2, 0.25) is 0 Å². The number of fused-ring (bicyclic) bond motifs is 7. The fraction of sp³-hybridized carbons (Fsp3) is 0.878. The van der Waals surface area contributed by atoms with Crippen LogP contribution in [0.5, 0.6) is 0 Å². The number of carbonyl (C=O) groups is 3. The Labute approximate surface area is 322 Å². The lowest BCUT2D eigenvalue weighted by molar-refractivity contribution is -0.365. The normalized spacial score (nSPS) is 53.5. The van der Waals surface area contributed by atoms with Crippen molar-refractivity contribution in [3.63, 3.8) is 0 Å². The van der Waals surface area contributed by atoms with Crippen LogP contribution < -0.4 is 0 Å². The second-order valence-corrected chi connectivity index (χ2v) is 20.1. The standard InChI is InChI=1S/C41H62O14/c1-36(2)23-8-11-41(7)31(21(42)16-19-20-17-38(4,35(50)51)13-12-37(20,3)14-15-40(19,41)6)39(23,5)10-9-24(36)53-34-30(27(46)26(45)29(54-34)32(48)49)55-33-28(47)25(44)22(43)18-52-33/h16,20,22-31,33-34,43-47H,8-15,17-18H2,1-7H3,(H,48,49)(H,50,51)/t20-,22+,23-,24+,25+,26+,27+,28-,29+,30-,31-,33+,34-,37-,38+,39+,40-,41-/m1/s1. The molecule has 0 aromatic rings. The molecule has 14 nitrogen and oxygen atoms in total. The van der Waals surface area contributed by atoms with Gasteiger partial charge in [0.05, 0.1) is 18.1 Å². The average molecular weight is 779 g/mol. The van der Waals surface area contributed by atoms with Crippen molar-refractivity contribution in [2.75, 3.05) is 6.61 Å². The van der Waals surface area contributed by atoms with E-state index in [1.54, 1.807) is 0 Å². The summed E-state index contributed by atoms with van der Waals surface area (Å²) in [5, 5.41) is 72.8. The van der Waals surface area contributed by atoms with Crippen LogP contribution in [0.4, 0.5) is 0 Å². The Morgan fingerprint density at radius 2 is 1.45 bits per heavy atom. The lowest BCUT2D eigenvalue weighted by Gasteiger charge is -2.70. The van der Waals surface area contributed by atoms with Gasteiger partial charge in [0.15, 0.2) is 24.5 Å². The number of aliphatic carboxylic acids is 2. The van der Waals surface area contributed by atoms with Crippen LogP contribution >= 0.6 is 0 Å². The summed E-state index contributed by atoms with van der Waals surface area (Å²) in [6.07, 6.45) is -7.13. The van der Waals surface area contributed by atoms with Gasteiger partial charge in [0.1, 0.15) is 36.6 Å². The Kier molecular flexibility index (Phi) is 10.1. The largest absolute Gasteiger partial charge is 0.481 e. The van der Waals surface area contributed by atoms with Gasteiger partial charge in [0, 0.05) is 5.92 Å². The van der Waals surface area contributed by atoms with Gasteiger partial charge < -0.3 is 54.7 Å². The van der Waals surface area contributed by atoms with Gasteiger partial charge in [-0.05, 0) is 110 Å². The molecule has 14 heteroatoms. The van der Waals surface area contributed by atoms with Crippen LogP contribution in [0.25, 0.3) is 0 Å². The minimum atomic E-state index is -1.92. The van der Waals surface area contributed by atoms with Crippen molar-refractivity contribution in [1.82, 2.24) is 0 Å². The summed E-state index contributed by atoms with van der Waals surface area (Å²) >= 11 is 0. The Morgan fingerprint density at radius 1 is 0.782 bits per heavy atom. The minimum Gasteiger partial charge on any atom is -0.481 e. The van der Waals surface area contributed by atoms with Gasteiger partial charge in [-0.1, -0.05) is 47.1 Å². The van der Waals surface area contributed by atoms with Crippen LogP contribution in [0.2, 0.25) is 0 Å². The molecule has 55 heavy (non-hydrogen) atoms. The van der Waals surface area contributed by atoms with E-state index in [0.717, 1.165) is 37.7 Å². The van der Waals surface area contributed by atoms with E-state index in [9.17, 15) is 50.1 Å². The molecule has 2 heterocycles. The summed E-state index contributed by atoms with van der Waals surface area (Å²) in [5.41, 5.74) is -1.48. The molecule has 7 aliphatic rings. The average Bonchev–Trinajstić information content (AvgIpc) is 3.10. The van der Waals surface area contributed by atoms with Gasteiger partial charge >= 0.3 is 11.9 Å². The molecule has 0 unspecified atom stereocenters. The van der Waals surface area contributed by atoms with Crippen LogP contribution in [0.1, 0.15) is 106 Å². The first-order valence-electron chi connectivity index (χ1n) is 20.2. The van der Waals surface area contributed by atoms with Crippen LogP contribution in [0.15, 0.2) is 11.6 Å². The first kappa shape index (κ1) is 41.2. The Balaban J connectivity index is 1.17. The van der Waals surface area contributed by atoms with E-state index in [0.29, 0.717) is 25.7 Å². The highest BCUT2D eigenvalue weighted by Gasteiger charge is 2.71. The van der Waals surface area contributed by atoms with Crippen molar-refractivity contribution < 1.29 is 69.1 Å². The van der Waals surface area contributed by atoms with Crippen molar-refractivity contribution in [3.05, 3.63) is 11.6 Å². The van der Waals surface area contributed by atoms with Crippen molar-refractivity contribution in [2.45, 2.75) is 168 Å². The molecule has 4 saturated carbocycles. The summed E-state index contributed by atoms with van der Waals surface area (Å²) in [4.78, 5) is 39.4. The highest BCUT2D eigenvalue weighted by atomic mass is 16.8. The number of carboxylic acid groups (broad SMARTS) is 2. The Morgan fingerprint density at radius 3 is 2.11 bits per heavy atom. The van der Waals surface area contributed by atoms with Crippen LogP contribution in [0.3, 0.4) is 0 Å². The molecule has 6 fully saturated rings. The van der Waals surface area contributed by atoms with Gasteiger partial charge in [0.25, 0.3) is 0 Å². The lowest BCUT2D eigenvalue weighted by atomic mass is 9.33. The monoisotopic (exact) mass is 778 g/mol. The molecule has 0 radical (unpaired) electrons. The fourth-order valence-electron chi connectivity index (χ4n) is 13.1. The predicted molar refractivity (Wildman–Crippen MR) is 193 cm³/mol. The third-order valence-corrected chi connectivity index (χ3v) is 16.9. The Hall–Kier alpha value is -2.01. The topological polar surface area (TPSA) is 230 Å². The van der Waals surface area contributed by atoms with Crippen LogP contribution in [-0.2, 0) is 33.3 Å². The first-order valence-corrected chi connectivity index (χ1v) is 20.2. The maximum atomic E-state index is 14.8. The van der Waals surface area contributed by atoms with Gasteiger partial charge in [-0.15, -0.1) is 0 Å². The zero-order valence-electron chi connectivity index (χ0n) is 33.1. The molecule has 7 N–H and O–H groups in total. The molecule has 310 valence electrons. The number of carbonyl (C=O) groups excluding carboxylic acids is 1. The number of rotatable bonds is 6. The summed E-state index contributed by atoms with van der Waals surface area (Å²) in [6.45, 7) is 14.7. The number of carboxylic acids is 2. The van der Waals surface area contributed by atoms with Gasteiger partial charge in [-0.25, -0.2) is 4.79 Å².